The average Bonchev–Trinajstić information content (AvgIpc) is 2.58. The summed E-state index contributed by atoms with van der Waals surface area (Å²) in [5, 5.41) is 21.2. The number of rotatable bonds is 2. The Kier molecular flexibility index (Phi) is 4.27. The first-order valence-electron chi connectivity index (χ1n) is 7.07. The van der Waals surface area contributed by atoms with Crippen LogP contribution in [-0.4, -0.2) is 39.5 Å². The summed E-state index contributed by atoms with van der Waals surface area (Å²) in [6.45, 7) is 4.49. The Hall–Kier alpha value is -1.95. The Morgan fingerprint density at radius 1 is 1.38 bits per heavy atom. The molecule has 1 aromatic rings. The molecule has 0 bridgehead atoms. The summed E-state index contributed by atoms with van der Waals surface area (Å²) in [6.07, 6.45) is 1.81. The first kappa shape index (κ1) is 15.4. The second-order valence-electron chi connectivity index (χ2n) is 5.92. The summed E-state index contributed by atoms with van der Waals surface area (Å²) in [6, 6.07) is 4.56. The SMILES string of the molecule is Cc1ccc([N+](=O)[O-])c(C(=O)N2CCCC(C)(O)CC2)c1. The molecule has 2 rings (SSSR count). The highest BCUT2D eigenvalue weighted by atomic mass is 16.6. The number of nitro benzene ring substituents is 1. The zero-order valence-electron chi connectivity index (χ0n) is 12.3. The lowest BCUT2D eigenvalue weighted by Gasteiger charge is -2.22. The fraction of sp³-hybridized carbons (Fsp3) is 0.533. The summed E-state index contributed by atoms with van der Waals surface area (Å²) in [4.78, 5) is 24.7. The summed E-state index contributed by atoms with van der Waals surface area (Å²) in [5.74, 6) is -0.330. The Balaban J connectivity index is 2.27. The minimum absolute atomic E-state index is 0.126. The smallest absolute Gasteiger partial charge is 0.282 e. The molecule has 0 spiro atoms. The molecule has 0 aromatic heterocycles. The van der Waals surface area contributed by atoms with E-state index < -0.39 is 10.5 Å². The molecule has 1 aliphatic rings. The number of nitro groups is 1. The highest BCUT2D eigenvalue weighted by molar-refractivity contribution is 5.98. The van der Waals surface area contributed by atoms with E-state index in [2.05, 4.69) is 0 Å². The van der Waals surface area contributed by atoms with Crippen molar-refractivity contribution in [2.75, 3.05) is 13.1 Å². The van der Waals surface area contributed by atoms with Crippen molar-refractivity contribution >= 4 is 11.6 Å². The number of benzene rings is 1. The van der Waals surface area contributed by atoms with Crippen molar-refractivity contribution < 1.29 is 14.8 Å². The van der Waals surface area contributed by atoms with Gasteiger partial charge in [-0.15, -0.1) is 0 Å². The molecule has 1 saturated heterocycles. The number of amides is 1. The molecule has 0 aliphatic carbocycles. The van der Waals surface area contributed by atoms with Gasteiger partial charge < -0.3 is 10.0 Å². The van der Waals surface area contributed by atoms with Crippen molar-refractivity contribution in [1.82, 2.24) is 4.90 Å². The van der Waals surface area contributed by atoms with Gasteiger partial charge in [-0.05, 0) is 44.7 Å². The van der Waals surface area contributed by atoms with Crippen LogP contribution in [0.5, 0.6) is 0 Å². The summed E-state index contributed by atoms with van der Waals surface area (Å²) >= 11 is 0. The molecular formula is C15H20N2O4. The monoisotopic (exact) mass is 292 g/mol. The summed E-state index contributed by atoms with van der Waals surface area (Å²) in [7, 11) is 0. The lowest BCUT2D eigenvalue weighted by Crippen LogP contribution is -2.33. The van der Waals surface area contributed by atoms with Crippen molar-refractivity contribution in [3.63, 3.8) is 0 Å². The molecule has 1 amide bonds. The van der Waals surface area contributed by atoms with E-state index in [9.17, 15) is 20.0 Å². The van der Waals surface area contributed by atoms with Gasteiger partial charge >= 0.3 is 0 Å². The van der Waals surface area contributed by atoms with Crippen LogP contribution < -0.4 is 0 Å². The van der Waals surface area contributed by atoms with E-state index >= 15 is 0 Å². The zero-order chi connectivity index (χ0) is 15.6. The maximum atomic E-state index is 12.6. The van der Waals surface area contributed by atoms with Crippen LogP contribution in [0.15, 0.2) is 18.2 Å². The van der Waals surface area contributed by atoms with Crippen LogP contribution >= 0.6 is 0 Å². The highest BCUT2D eigenvalue weighted by Crippen LogP contribution is 2.25. The number of aliphatic hydroxyl groups is 1. The second kappa shape index (κ2) is 5.81. The Morgan fingerprint density at radius 3 is 2.76 bits per heavy atom. The predicted molar refractivity (Wildman–Crippen MR) is 78.2 cm³/mol. The van der Waals surface area contributed by atoms with Crippen molar-refractivity contribution in [2.45, 2.75) is 38.7 Å². The molecule has 1 unspecified atom stereocenters. The van der Waals surface area contributed by atoms with Crippen LogP contribution in [0.1, 0.15) is 42.1 Å². The van der Waals surface area contributed by atoms with Crippen molar-refractivity contribution in [3.8, 4) is 0 Å². The number of aryl methyl sites for hydroxylation is 1. The van der Waals surface area contributed by atoms with E-state index in [1.807, 2.05) is 0 Å². The van der Waals surface area contributed by atoms with Crippen molar-refractivity contribution in [3.05, 3.63) is 39.4 Å². The third-order valence-corrected chi connectivity index (χ3v) is 3.93. The standard InChI is InChI=1S/C15H20N2O4/c1-11-4-5-13(17(20)21)12(10-11)14(18)16-8-3-6-15(2,19)7-9-16/h4-5,10,19H,3,6-9H2,1-2H3. The van der Waals surface area contributed by atoms with Gasteiger partial charge in [-0.3, -0.25) is 14.9 Å². The molecule has 1 aromatic carbocycles. The number of likely N-dealkylation sites (tertiary alicyclic amines) is 1. The Bertz CT molecular complexity index is 569. The molecule has 0 saturated carbocycles. The van der Waals surface area contributed by atoms with E-state index in [-0.39, 0.29) is 17.2 Å². The van der Waals surface area contributed by atoms with Crippen LogP contribution in [0.25, 0.3) is 0 Å². The fourth-order valence-corrected chi connectivity index (χ4v) is 2.62. The Morgan fingerprint density at radius 2 is 2.10 bits per heavy atom. The van der Waals surface area contributed by atoms with E-state index in [0.717, 1.165) is 5.56 Å². The van der Waals surface area contributed by atoms with Gasteiger partial charge in [0.25, 0.3) is 11.6 Å². The van der Waals surface area contributed by atoms with Crippen LogP contribution in [0, 0.1) is 17.0 Å². The van der Waals surface area contributed by atoms with Crippen LogP contribution in [0.2, 0.25) is 0 Å². The molecule has 6 heteroatoms. The summed E-state index contributed by atoms with van der Waals surface area (Å²) < 4.78 is 0. The average molecular weight is 292 g/mol. The van der Waals surface area contributed by atoms with Gasteiger partial charge in [-0.2, -0.15) is 0 Å². The maximum Gasteiger partial charge on any atom is 0.282 e. The molecule has 21 heavy (non-hydrogen) atoms. The molecule has 1 aliphatic heterocycles. The van der Waals surface area contributed by atoms with Crippen LogP contribution in [0.4, 0.5) is 5.69 Å². The van der Waals surface area contributed by atoms with Gasteiger partial charge in [0.1, 0.15) is 5.56 Å². The molecular weight excluding hydrogens is 272 g/mol. The van der Waals surface area contributed by atoms with Crippen molar-refractivity contribution in [2.24, 2.45) is 0 Å². The topological polar surface area (TPSA) is 83.7 Å². The molecule has 1 fully saturated rings. The van der Waals surface area contributed by atoms with E-state index in [1.165, 1.54) is 6.07 Å². The van der Waals surface area contributed by atoms with Gasteiger partial charge in [-0.1, -0.05) is 6.07 Å². The number of nitrogens with zero attached hydrogens (tertiary/aromatic N) is 2. The Labute approximate surface area is 123 Å². The maximum absolute atomic E-state index is 12.6. The first-order valence-corrected chi connectivity index (χ1v) is 7.07. The van der Waals surface area contributed by atoms with Gasteiger partial charge in [0, 0.05) is 19.2 Å². The number of hydrogen-bond donors (Lipinski definition) is 1. The predicted octanol–water partition coefficient (Wildman–Crippen LogP) is 2.28. The zero-order valence-corrected chi connectivity index (χ0v) is 12.3. The largest absolute Gasteiger partial charge is 0.390 e. The minimum atomic E-state index is -0.770. The normalized spacial score (nSPS) is 22.7. The number of hydrogen-bond acceptors (Lipinski definition) is 4. The van der Waals surface area contributed by atoms with E-state index in [1.54, 1.807) is 30.9 Å². The third-order valence-electron chi connectivity index (χ3n) is 3.93. The molecule has 6 nitrogen and oxygen atoms in total. The molecule has 1 heterocycles. The number of carbonyl (C=O) groups is 1. The molecule has 1 N–H and O–H groups in total. The van der Waals surface area contributed by atoms with Gasteiger partial charge in [0.15, 0.2) is 0 Å². The first-order chi connectivity index (χ1) is 9.80. The van der Waals surface area contributed by atoms with Gasteiger partial charge in [-0.25, -0.2) is 0 Å². The third kappa shape index (κ3) is 3.58. The van der Waals surface area contributed by atoms with E-state index in [0.29, 0.717) is 32.4 Å². The molecule has 0 radical (unpaired) electrons. The second-order valence-corrected chi connectivity index (χ2v) is 5.92. The highest BCUT2D eigenvalue weighted by Gasteiger charge is 2.30. The van der Waals surface area contributed by atoms with Crippen molar-refractivity contribution in [1.29, 1.82) is 0 Å². The fourth-order valence-electron chi connectivity index (χ4n) is 2.62. The van der Waals surface area contributed by atoms with Gasteiger partial charge in [0.05, 0.1) is 10.5 Å². The molecule has 114 valence electrons. The van der Waals surface area contributed by atoms with Crippen LogP contribution in [0.3, 0.4) is 0 Å². The lowest BCUT2D eigenvalue weighted by molar-refractivity contribution is -0.385. The minimum Gasteiger partial charge on any atom is -0.390 e. The quantitative estimate of drug-likeness (QED) is 0.669. The van der Waals surface area contributed by atoms with Gasteiger partial charge in [0.2, 0.25) is 0 Å². The summed E-state index contributed by atoms with van der Waals surface area (Å²) in [5.41, 5.74) is 0.00188. The van der Waals surface area contributed by atoms with Crippen LogP contribution in [-0.2, 0) is 0 Å². The lowest BCUT2D eigenvalue weighted by atomic mass is 9.98. The van der Waals surface area contributed by atoms with E-state index in [4.69, 9.17) is 0 Å². The molecule has 1 atom stereocenters. The number of carbonyl (C=O) groups excluding carboxylic acids is 1.